The summed E-state index contributed by atoms with van der Waals surface area (Å²) in [7, 11) is 0. The van der Waals surface area contributed by atoms with Crippen molar-refractivity contribution in [3.05, 3.63) is 28.8 Å². The Morgan fingerprint density at radius 3 is 2.64 bits per heavy atom. The quantitative estimate of drug-likeness (QED) is 0.636. The van der Waals surface area contributed by atoms with Crippen LogP contribution in [-0.2, 0) is 0 Å². The van der Waals surface area contributed by atoms with Gasteiger partial charge in [-0.1, -0.05) is 19.9 Å². The van der Waals surface area contributed by atoms with Crippen LogP contribution in [0.4, 0.5) is 0 Å². The molecule has 118 valence electrons. The number of thiophene rings is 1. The van der Waals surface area contributed by atoms with Gasteiger partial charge < -0.3 is 5.32 Å². The Morgan fingerprint density at radius 1 is 1.36 bits per heavy atom. The van der Waals surface area contributed by atoms with E-state index >= 15 is 0 Å². The molecule has 0 spiro atoms. The van der Waals surface area contributed by atoms with Gasteiger partial charge in [-0.25, -0.2) is 9.97 Å². The van der Waals surface area contributed by atoms with Crippen molar-refractivity contribution in [1.29, 1.82) is 0 Å². The molecule has 0 fully saturated rings. The van der Waals surface area contributed by atoms with E-state index in [1.54, 1.807) is 11.3 Å². The van der Waals surface area contributed by atoms with Gasteiger partial charge in [-0.3, -0.25) is 4.79 Å². The van der Waals surface area contributed by atoms with Crippen LogP contribution in [0.2, 0.25) is 0 Å². The number of rotatable bonds is 6. The number of thioether (sulfide) groups is 1. The topological polar surface area (TPSA) is 54.9 Å². The van der Waals surface area contributed by atoms with E-state index in [0.29, 0.717) is 11.4 Å². The molecule has 2 aromatic heterocycles. The molecular weight excluding hydrogens is 314 g/mol. The summed E-state index contributed by atoms with van der Waals surface area (Å²) < 4.78 is 0. The minimum atomic E-state index is -0.0757. The molecule has 0 aliphatic heterocycles. The van der Waals surface area contributed by atoms with Crippen LogP contribution in [0.15, 0.2) is 22.5 Å². The molecule has 2 heterocycles. The van der Waals surface area contributed by atoms with Crippen LogP contribution in [0.25, 0.3) is 10.7 Å². The van der Waals surface area contributed by atoms with E-state index in [-0.39, 0.29) is 11.9 Å². The maximum absolute atomic E-state index is 12.6. The first-order valence-corrected chi connectivity index (χ1v) is 9.48. The first kappa shape index (κ1) is 17.0. The lowest BCUT2D eigenvalue weighted by molar-refractivity contribution is 0.0930. The van der Waals surface area contributed by atoms with Crippen LogP contribution < -0.4 is 5.32 Å². The Labute approximate surface area is 139 Å². The molecule has 0 bridgehead atoms. The van der Waals surface area contributed by atoms with Gasteiger partial charge in [0.05, 0.1) is 16.1 Å². The highest BCUT2D eigenvalue weighted by molar-refractivity contribution is 7.98. The van der Waals surface area contributed by atoms with Crippen LogP contribution >= 0.6 is 23.1 Å². The fraction of sp³-hybridized carbons (Fsp3) is 0.438. The van der Waals surface area contributed by atoms with Gasteiger partial charge in [0.15, 0.2) is 5.82 Å². The maximum Gasteiger partial charge on any atom is 0.256 e. The molecule has 0 aliphatic carbocycles. The molecule has 0 saturated carbocycles. The summed E-state index contributed by atoms with van der Waals surface area (Å²) >= 11 is 3.09. The zero-order valence-electron chi connectivity index (χ0n) is 13.3. The van der Waals surface area contributed by atoms with Gasteiger partial charge >= 0.3 is 0 Å². The van der Waals surface area contributed by atoms with Crippen molar-refractivity contribution in [1.82, 2.24) is 15.3 Å². The van der Waals surface area contributed by atoms with Crippen molar-refractivity contribution in [2.45, 2.75) is 44.7 Å². The lowest BCUT2D eigenvalue weighted by Crippen LogP contribution is -2.34. The molecule has 0 aromatic carbocycles. The van der Waals surface area contributed by atoms with Crippen molar-refractivity contribution in [2.75, 3.05) is 6.26 Å². The highest BCUT2D eigenvalue weighted by Crippen LogP contribution is 2.27. The average Bonchev–Trinajstić information content (AvgIpc) is 3.05. The van der Waals surface area contributed by atoms with Gasteiger partial charge in [0.25, 0.3) is 5.91 Å². The number of carbonyl (C=O) groups excluding carboxylic acids is 1. The third-order valence-corrected chi connectivity index (χ3v) is 5.09. The summed E-state index contributed by atoms with van der Waals surface area (Å²) in [5.41, 5.74) is 1.32. The Morgan fingerprint density at radius 2 is 2.09 bits per heavy atom. The first-order chi connectivity index (χ1) is 10.6. The molecule has 22 heavy (non-hydrogen) atoms. The second-order valence-corrected chi connectivity index (χ2v) is 6.72. The fourth-order valence-electron chi connectivity index (χ4n) is 2.22. The van der Waals surface area contributed by atoms with Crippen LogP contribution in [0, 0.1) is 6.92 Å². The molecule has 4 nitrogen and oxygen atoms in total. The molecule has 2 rings (SSSR count). The summed E-state index contributed by atoms with van der Waals surface area (Å²) in [5.74, 6) is 0.615. The number of nitrogens with one attached hydrogen (secondary N) is 1. The third kappa shape index (κ3) is 3.67. The number of amides is 1. The van der Waals surface area contributed by atoms with Crippen molar-refractivity contribution in [2.24, 2.45) is 0 Å². The van der Waals surface area contributed by atoms with E-state index < -0.39 is 0 Å². The van der Waals surface area contributed by atoms with Gasteiger partial charge in [0.1, 0.15) is 5.03 Å². The molecule has 0 radical (unpaired) electrons. The van der Waals surface area contributed by atoms with Gasteiger partial charge in [-0.2, -0.15) is 0 Å². The van der Waals surface area contributed by atoms with Gasteiger partial charge in [-0.05, 0) is 37.5 Å². The van der Waals surface area contributed by atoms with Gasteiger partial charge in [0, 0.05) is 6.04 Å². The first-order valence-electron chi connectivity index (χ1n) is 7.38. The largest absolute Gasteiger partial charge is 0.349 e. The van der Waals surface area contributed by atoms with Crippen LogP contribution in [0.1, 0.15) is 42.7 Å². The normalized spacial score (nSPS) is 11.0. The van der Waals surface area contributed by atoms with E-state index in [1.165, 1.54) is 11.8 Å². The van der Waals surface area contributed by atoms with Crippen molar-refractivity contribution >= 4 is 29.0 Å². The molecule has 1 N–H and O–H groups in total. The smallest absolute Gasteiger partial charge is 0.256 e. The molecule has 6 heteroatoms. The zero-order chi connectivity index (χ0) is 16.1. The van der Waals surface area contributed by atoms with Crippen LogP contribution in [0.3, 0.4) is 0 Å². The average molecular weight is 335 g/mol. The Hall–Kier alpha value is -1.40. The van der Waals surface area contributed by atoms with Gasteiger partial charge in [0.2, 0.25) is 0 Å². The predicted molar refractivity (Wildman–Crippen MR) is 93.7 cm³/mol. The van der Waals surface area contributed by atoms with Gasteiger partial charge in [-0.15, -0.1) is 23.1 Å². The molecule has 0 saturated heterocycles. The van der Waals surface area contributed by atoms with E-state index in [9.17, 15) is 4.79 Å². The number of nitrogens with zero attached hydrogens (tertiary/aromatic N) is 2. The summed E-state index contributed by atoms with van der Waals surface area (Å²) in [6.07, 6.45) is 3.78. The number of hydrogen-bond acceptors (Lipinski definition) is 5. The Bertz CT molecular complexity index is 637. The van der Waals surface area contributed by atoms with E-state index in [1.807, 2.05) is 30.7 Å². The van der Waals surface area contributed by atoms with Crippen LogP contribution in [-0.4, -0.2) is 28.2 Å². The molecular formula is C16H21N3OS2. The number of aryl methyl sites for hydroxylation is 1. The maximum atomic E-state index is 12.6. The second-order valence-electron chi connectivity index (χ2n) is 4.98. The summed E-state index contributed by atoms with van der Waals surface area (Å²) in [4.78, 5) is 22.7. The van der Waals surface area contributed by atoms with Crippen molar-refractivity contribution in [3.8, 4) is 10.7 Å². The predicted octanol–water partition coefficient (Wildman–Crippen LogP) is 4.15. The highest BCUT2D eigenvalue weighted by atomic mass is 32.2. The molecule has 1 amide bonds. The summed E-state index contributed by atoms with van der Waals surface area (Å²) in [5, 5.41) is 5.81. The molecule has 0 aliphatic rings. The monoisotopic (exact) mass is 335 g/mol. The number of aromatic nitrogens is 2. The van der Waals surface area contributed by atoms with E-state index in [0.717, 1.165) is 28.4 Å². The van der Waals surface area contributed by atoms with Crippen LogP contribution in [0.5, 0.6) is 0 Å². The lowest BCUT2D eigenvalue weighted by Gasteiger charge is -2.17. The minimum absolute atomic E-state index is 0.0757. The van der Waals surface area contributed by atoms with Crippen molar-refractivity contribution < 1.29 is 4.79 Å². The highest BCUT2D eigenvalue weighted by Gasteiger charge is 2.20. The Kier molecular flexibility index (Phi) is 5.97. The SMILES string of the molecule is CCC(CC)NC(=O)c1c(C)nc(-c2cccs2)nc1SC. The Balaban J connectivity index is 2.37. The zero-order valence-corrected chi connectivity index (χ0v) is 15.0. The molecule has 0 unspecified atom stereocenters. The third-order valence-electron chi connectivity index (χ3n) is 3.54. The number of carbonyl (C=O) groups is 1. The lowest BCUT2D eigenvalue weighted by atomic mass is 10.1. The van der Waals surface area contributed by atoms with E-state index in [2.05, 4.69) is 29.1 Å². The summed E-state index contributed by atoms with van der Waals surface area (Å²) in [6.45, 7) is 6.03. The standard InChI is InChI=1S/C16H21N3OS2/c1-5-11(6-2)18-15(20)13-10(3)17-14(19-16(13)21-4)12-8-7-9-22-12/h7-9,11H,5-6H2,1-4H3,(H,18,20). The van der Waals surface area contributed by atoms with Crippen molar-refractivity contribution in [3.63, 3.8) is 0 Å². The fourth-order valence-corrected chi connectivity index (χ4v) is 3.50. The van der Waals surface area contributed by atoms with E-state index in [4.69, 9.17) is 0 Å². The summed E-state index contributed by atoms with van der Waals surface area (Å²) in [6, 6.07) is 4.16. The number of hydrogen-bond donors (Lipinski definition) is 1. The molecule has 0 atom stereocenters. The minimum Gasteiger partial charge on any atom is -0.349 e. The molecule has 2 aromatic rings. The second kappa shape index (κ2) is 7.74.